The fraction of sp³-hybridized carbons (Fsp3) is 0.333. The minimum Gasteiger partial charge on any atom is -0.457 e. The summed E-state index contributed by atoms with van der Waals surface area (Å²) in [5, 5.41) is 0. The quantitative estimate of drug-likeness (QED) is 0.765. The lowest BCUT2D eigenvalue weighted by Crippen LogP contribution is -2.31. The van der Waals surface area contributed by atoms with E-state index in [0.717, 1.165) is 0 Å². The highest BCUT2D eigenvalue weighted by Gasteiger charge is 2.30. The van der Waals surface area contributed by atoms with Crippen LogP contribution in [0.4, 0.5) is 0 Å². The van der Waals surface area contributed by atoms with Crippen LogP contribution in [-0.2, 0) is 19.0 Å². The van der Waals surface area contributed by atoms with Gasteiger partial charge in [0.15, 0.2) is 12.4 Å². The van der Waals surface area contributed by atoms with Gasteiger partial charge in [-0.3, -0.25) is 4.79 Å². The van der Waals surface area contributed by atoms with Gasteiger partial charge in [-0.25, -0.2) is 4.79 Å². The lowest BCUT2D eigenvalue weighted by atomic mass is 10.2. The number of benzene rings is 1. The van der Waals surface area contributed by atoms with E-state index in [4.69, 9.17) is 19.9 Å². The van der Waals surface area contributed by atoms with E-state index in [-0.39, 0.29) is 13.2 Å². The molecule has 18 heavy (non-hydrogen) atoms. The van der Waals surface area contributed by atoms with Crippen molar-refractivity contribution >= 4 is 11.9 Å². The summed E-state index contributed by atoms with van der Waals surface area (Å²) in [4.78, 5) is 22.4. The number of nitrogens with two attached hydrogens (primary N) is 1. The van der Waals surface area contributed by atoms with Crippen molar-refractivity contribution in [2.45, 2.75) is 12.4 Å². The minimum atomic E-state index is -0.773. The maximum atomic E-state index is 11.6. The molecule has 1 aliphatic heterocycles. The fourth-order valence-electron chi connectivity index (χ4n) is 1.49. The molecule has 6 heteroatoms. The number of esters is 1. The Morgan fingerprint density at radius 1 is 1.33 bits per heavy atom. The first kappa shape index (κ1) is 12.5. The summed E-state index contributed by atoms with van der Waals surface area (Å²) in [5.74, 6) is -1.06. The fourth-order valence-corrected chi connectivity index (χ4v) is 1.49. The summed E-state index contributed by atoms with van der Waals surface area (Å²) in [6, 6.07) is 8.57. The number of amides is 1. The second kappa shape index (κ2) is 5.61. The molecule has 0 radical (unpaired) electrons. The molecule has 2 N–H and O–H groups in total. The molecule has 0 aromatic heterocycles. The van der Waals surface area contributed by atoms with Gasteiger partial charge in [0, 0.05) is 0 Å². The zero-order valence-electron chi connectivity index (χ0n) is 9.57. The van der Waals surface area contributed by atoms with Crippen molar-refractivity contribution in [2.75, 3.05) is 13.2 Å². The molecule has 1 saturated heterocycles. The molecule has 0 spiro atoms. The normalized spacial score (nSPS) is 22.7. The molecule has 0 aliphatic carbocycles. The van der Waals surface area contributed by atoms with Crippen LogP contribution in [0.25, 0.3) is 0 Å². The molecule has 1 fully saturated rings. The molecular weight excluding hydrogens is 238 g/mol. The lowest BCUT2D eigenvalue weighted by molar-refractivity contribution is -0.133. The molecule has 1 amide bonds. The highest BCUT2D eigenvalue weighted by molar-refractivity contribution is 5.89. The van der Waals surface area contributed by atoms with Gasteiger partial charge in [0.25, 0.3) is 0 Å². The van der Waals surface area contributed by atoms with Crippen LogP contribution in [0.15, 0.2) is 30.3 Å². The van der Waals surface area contributed by atoms with Crippen molar-refractivity contribution in [1.82, 2.24) is 0 Å². The number of carbonyl (C=O) groups excluding carboxylic acids is 2. The standard InChI is InChI=1S/C12H13NO5/c13-11(14)9-6-16-10(18-9)7-17-12(15)8-4-2-1-3-5-8/h1-5,9-10H,6-7H2,(H2,13,14)/t9-,10+/m0/s1. The number of primary amides is 1. The van der Waals surface area contributed by atoms with E-state index in [0.29, 0.717) is 5.56 Å². The Bertz CT molecular complexity index is 433. The maximum Gasteiger partial charge on any atom is 0.338 e. The topological polar surface area (TPSA) is 87.9 Å². The number of hydrogen-bond donors (Lipinski definition) is 1. The average molecular weight is 251 g/mol. The molecule has 0 bridgehead atoms. The molecule has 1 aromatic rings. The van der Waals surface area contributed by atoms with Crippen LogP contribution in [0.5, 0.6) is 0 Å². The van der Waals surface area contributed by atoms with Crippen molar-refractivity contribution in [3.8, 4) is 0 Å². The van der Waals surface area contributed by atoms with Crippen LogP contribution in [0.1, 0.15) is 10.4 Å². The summed E-state index contributed by atoms with van der Waals surface area (Å²) in [7, 11) is 0. The van der Waals surface area contributed by atoms with E-state index >= 15 is 0 Å². The summed E-state index contributed by atoms with van der Waals surface area (Å²) >= 11 is 0. The predicted octanol–water partition coefficient (Wildman–Crippen LogP) is 0.0702. The molecule has 6 nitrogen and oxygen atoms in total. The predicted molar refractivity (Wildman–Crippen MR) is 60.5 cm³/mol. The lowest BCUT2D eigenvalue weighted by Gasteiger charge is -2.10. The van der Waals surface area contributed by atoms with Crippen LogP contribution in [0.3, 0.4) is 0 Å². The Labute approximate surface area is 104 Å². The SMILES string of the molecule is NC(=O)[C@@H]1CO[C@@H](COC(=O)c2ccccc2)O1. The molecule has 2 atom stereocenters. The smallest absolute Gasteiger partial charge is 0.338 e. The summed E-state index contributed by atoms with van der Waals surface area (Å²) in [6.45, 7) is 0.0143. The zero-order valence-corrected chi connectivity index (χ0v) is 9.57. The first-order valence-electron chi connectivity index (χ1n) is 5.45. The van der Waals surface area contributed by atoms with E-state index in [2.05, 4.69) is 0 Å². The third-order valence-electron chi connectivity index (χ3n) is 2.43. The first-order chi connectivity index (χ1) is 8.66. The van der Waals surface area contributed by atoms with Crippen LogP contribution in [-0.4, -0.2) is 37.5 Å². The maximum absolute atomic E-state index is 11.6. The first-order valence-corrected chi connectivity index (χ1v) is 5.45. The van der Waals surface area contributed by atoms with Gasteiger partial charge >= 0.3 is 5.97 Å². The summed E-state index contributed by atoms with van der Waals surface area (Å²) in [5.41, 5.74) is 5.50. The van der Waals surface area contributed by atoms with Crippen LogP contribution < -0.4 is 5.73 Å². The van der Waals surface area contributed by atoms with Crippen LogP contribution in [0.2, 0.25) is 0 Å². The van der Waals surface area contributed by atoms with Gasteiger partial charge in [0.1, 0.15) is 6.61 Å². The van der Waals surface area contributed by atoms with E-state index in [1.807, 2.05) is 0 Å². The molecule has 1 aromatic carbocycles. The number of ether oxygens (including phenoxy) is 3. The Morgan fingerprint density at radius 3 is 2.67 bits per heavy atom. The highest BCUT2D eigenvalue weighted by atomic mass is 16.7. The van der Waals surface area contributed by atoms with Crippen LogP contribution in [0, 0.1) is 0 Å². The Balaban J connectivity index is 1.79. The van der Waals surface area contributed by atoms with Crippen LogP contribution >= 0.6 is 0 Å². The van der Waals surface area contributed by atoms with E-state index in [1.165, 1.54) is 0 Å². The van der Waals surface area contributed by atoms with Crippen molar-refractivity contribution in [1.29, 1.82) is 0 Å². The molecule has 1 heterocycles. The largest absolute Gasteiger partial charge is 0.457 e. The number of hydrogen-bond acceptors (Lipinski definition) is 5. The summed E-state index contributed by atoms with van der Waals surface area (Å²) < 4.78 is 15.2. The minimum absolute atomic E-state index is 0.0719. The molecule has 2 rings (SSSR count). The highest BCUT2D eigenvalue weighted by Crippen LogP contribution is 2.12. The van der Waals surface area contributed by atoms with Gasteiger partial charge in [0.05, 0.1) is 12.2 Å². The number of carbonyl (C=O) groups is 2. The second-order valence-electron chi connectivity index (χ2n) is 3.75. The molecular formula is C12H13NO5. The van der Waals surface area contributed by atoms with Crippen molar-refractivity contribution in [3.05, 3.63) is 35.9 Å². The Morgan fingerprint density at radius 2 is 2.06 bits per heavy atom. The van der Waals surface area contributed by atoms with Gasteiger partial charge in [-0.05, 0) is 12.1 Å². The monoisotopic (exact) mass is 251 g/mol. The van der Waals surface area contributed by atoms with Crippen molar-refractivity contribution in [3.63, 3.8) is 0 Å². The Hall–Kier alpha value is -1.92. The van der Waals surface area contributed by atoms with E-state index in [1.54, 1.807) is 30.3 Å². The van der Waals surface area contributed by atoms with E-state index in [9.17, 15) is 9.59 Å². The van der Waals surface area contributed by atoms with Crippen molar-refractivity contribution < 1.29 is 23.8 Å². The van der Waals surface area contributed by atoms with Gasteiger partial charge < -0.3 is 19.9 Å². The van der Waals surface area contributed by atoms with E-state index < -0.39 is 24.3 Å². The van der Waals surface area contributed by atoms with Gasteiger partial charge in [-0.2, -0.15) is 0 Å². The van der Waals surface area contributed by atoms with Gasteiger partial charge in [0.2, 0.25) is 5.91 Å². The molecule has 96 valence electrons. The number of rotatable bonds is 4. The molecule has 0 unspecified atom stereocenters. The third-order valence-corrected chi connectivity index (χ3v) is 2.43. The summed E-state index contributed by atoms with van der Waals surface area (Å²) in [6.07, 6.45) is -1.51. The molecule has 0 saturated carbocycles. The molecule has 1 aliphatic rings. The van der Waals surface area contributed by atoms with Gasteiger partial charge in [-0.15, -0.1) is 0 Å². The van der Waals surface area contributed by atoms with Crippen molar-refractivity contribution in [2.24, 2.45) is 5.73 Å². The van der Waals surface area contributed by atoms with Gasteiger partial charge in [-0.1, -0.05) is 18.2 Å². The Kier molecular flexibility index (Phi) is 3.91. The zero-order chi connectivity index (χ0) is 13.0. The second-order valence-corrected chi connectivity index (χ2v) is 3.75. The third kappa shape index (κ3) is 3.06. The average Bonchev–Trinajstić information content (AvgIpc) is 2.86.